The molecular formula is C6H10Cl2N2O3. The molecule has 13 heavy (non-hydrogen) atoms. The minimum absolute atomic E-state index is 0. The summed E-state index contributed by atoms with van der Waals surface area (Å²) in [5.41, 5.74) is 0. The molecule has 0 atom stereocenters. The average Bonchev–Trinajstić information content (AvgIpc) is 2.67. The third kappa shape index (κ3) is 11.0. The maximum Gasteiger partial charge on any atom is 0.123 e. The van der Waals surface area contributed by atoms with E-state index in [1.54, 1.807) is 24.5 Å². The maximum atomic E-state index is 4.33. The van der Waals surface area contributed by atoms with Gasteiger partial charge in [0.05, 0.1) is 12.4 Å². The predicted molar refractivity (Wildman–Crippen MR) is 51.1 cm³/mol. The zero-order valence-electron chi connectivity index (χ0n) is 6.49. The monoisotopic (exact) mass is 228 g/mol. The van der Waals surface area contributed by atoms with Crippen molar-refractivity contribution in [3.05, 3.63) is 37.1 Å². The van der Waals surface area contributed by atoms with Crippen molar-refractivity contribution in [2.24, 2.45) is 0 Å². The fourth-order valence-corrected chi connectivity index (χ4v) is 0.351. The Morgan fingerprint density at radius 3 is 1.23 bits per heavy atom. The second kappa shape index (κ2) is 13.5. The summed E-state index contributed by atoms with van der Waals surface area (Å²) in [6.45, 7) is 0. The van der Waals surface area contributed by atoms with Crippen LogP contribution in [0.1, 0.15) is 0 Å². The van der Waals surface area contributed by atoms with E-state index in [9.17, 15) is 0 Å². The van der Waals surface area contributed by atoms with Gasteiger partial charge in [0.25, 0.3) is 0 Å². The van der Waals surface area contributed by atoms with Gasteiger partial charge in [-0.1, -0.05) is 10.3 Å². The van der Waals surface area contributed by atoms with Crippen molar-refractivity contribution in [3.63, 3.8) is 0 Å². The van der Waals surface area contributed by atoms with Gasteiger partial charge in [0, 0.05) is 0 Å². The summed E-state index contributed by atoms with van der Waals surface area (Å²) in [6.07, 6.45) is 6.19. The zero-order valence-corrected chi connectivity index (χ0v) is 8.12. The lowest BCUT2D eigenvalue weighted by atomic mass is 10.8. The minimum atomic E-state index is 0. The van der Waals surface area contributed by atoms with Crippen LogP contribution in [0.2, 0.25) is 0 Å². The predicted octanol–water partition coefficient (Wildman–Crippen LogP) is 1.37. The van der Waals surface area contributed by atoms with Crippen LogP contribution in [-0.4, -0.2) is 15.8 Å². The number of aromatic nitrogens is 2. The Morgan fingerprint density at radius 2 is 1.15 bits per heavy atom. The summed E-state index contributed by atoms with van der Waals surface area (Å²) in [5, 5.41) is 6.69. The largest absolute Gasteiger partial charge is 0.412 e. The zero-order chi connectivity index (χ0) is 7.07. The van der Waals surface area contributed by atoms with Gasteiger partial charge in [0.15, 0.2) is 0 Å². The summed E-state index contributed by atoms with van der Waals surface area (Å²) in [5.74, 6) is 0. The van der Waals surface area contributed by atoms with Gasteiger partial charge in [-0.2, -0.15) is 0 Å². The van der Waals surface area contributed by atoms with Crippen molar-refractivity contribution in [1.82, 2.24) is 10.3 Å². The molecule has 0 spiro atoms. The average molecular weight is 229 g/mol. The Morgan fingerprint density at radius 1 is 0.769 bits per heavy atom. The Bertz CT molecular complexity index is 163. The van der Waals surface area contributed by atoms with Crippen LogP contribution in [0, 0.1) is 0 Å². The first-order chi connectivity index (χ1) is 5.00. The first-order valence-corrected chi connectivity index (χ1v) is 2.69. The first-order valence-electron chi connectivity index (χ1n) is 2.69. The van der Waals surface area contributed by atoms with Crippen LogP contribution in [-0.2, 0) is 0 Å². The minimum Gasteiger partial charge on any atom is -0.412 e. The molecule has 2 rings (SSSR count). The Hall–Kier alpha value is -1.04. The molecule has 0 fully saturated rings. The van der Waals surface area contributed by atoms with Gasteiger partial charge < -0.3 is 14.5 Å². The van der Waals surface area contributed by atoms with E-state index in [2.05, 4.69) is 19.4 Å². The number of hydrogen-bond donors (Lipinski definition) is 0. The van der Waals surface area contributed by atoms with Crippen molar-refractivity contribution < 1.29 is 14.5 Å². The molecule has 2 N–H and O–H groups in total. The van der Waals surface area contributed by atoms with E-state index in [1.165, 1.54) is 12.5 Å². The van der Waals surface area contributed by atoms with E-state index in [4.69, 9.17) is 0 Å². The molecule has 2 aromatic heterocycles. The van der Waals surface area contributed by atoms with Gasteiger partial charge in [-0.25, -0.2) is 0 Å². The Kier molecular flexibility index (Phi) is 18.6. The summed E-state index contributed by atoms with van der Waals surface area (Å²) in [4.78, 5) is 0. The maximum absolute atomic E-state index is 4.33. The van der Waals surface area contributed by atoms with Crippen LogP contribution in [0.4, 0.5) is 0 Å². The highest BCUT2D eigenvalue weighted by atomic mass is 35.5. The molecule has 0 radical (unpaired) electrons. The van der Waals surface area contributed by atoms with Crippen LogP contribution < -0.4 is 0 Å². The lowest BCUT2D eigenvalue weighted by Crippen LogP contribution is -1.38. The molecule has 0 amide bonds. The fourth-order valence-electron chi connectivity index (χ4n) is 0.351. The molecule has 0 saturated heterocycles. The number of nitrogens with zero attached hydrogens (tertiary/aromatic N) is 2. The van der Waals surface area contributed by atoms with Gasteiger partial charge in [0.1, 0.15) is 12.5 Å². The Balaban J connectivity index is -0.000000125. The fraction of sp³-hybridized carbons (Fsp3) is 0. The summed E-state index contributed by atoms with van der Waals surface area (Å²) in [7, 11) is 0. The highest BCUT2D eigenvalue weighted by Crippen LogP contribution is 1.72. The highest BCUT2D eigenvalue weighted by molar-refractivity contribution is 5.85. The third-order valence-corrected chi connectivity index (χ3v) is 0.694. The van der Waals surface area contributed by atoms with Gasteiger partial charge in [-0.05, 0) is 12.1 Å². The molecule has 0 aliphatic heterocycles. The molecular weight excluding hydrogens is 219 g/mol. The second-order valence-corrected chi connectivity index (χ2v) is 1.38. The molecule has 0 aromatic carbocycles. The molecule has 76 valence electrons. The van der Waals surface area contributed by atoms with E-state index in [-0.39, 0.29) is 30.3 Å². The normalized spacial score (nSPS) is 6.15. The lowest BCUT2D eigenvalue weighted by Gasteiger charge is -1.48. The smallest absolute Gasteiger partial charge is 0.123 e. The molecule has 0 saturated carbocycles. The number of rotatable bonds is 0. The third-order valence-electron chi connectivity index (χ3n) is 0.694. The van der Waals surface area contributed by atoms with E-state index < -0.39 is 0 Å². The molecule has 0 unspecified atom stereocenters. The van der Waals surface area contributed by atoms with E-state index >= 15 is 0 Å². The van der Waals surface area contributed by atoms with Crippen LogP contribution in [0.5, 0.6) is 0 Å². The molecule has 5 nitrogen and oxygen atoms in total. The number of hydrogen-bond acceptors (Lipinski definition) is 4. The number of halogens is 2. The molecule has 0 aliphatic carbocycles. The topological polar surface area (TPSA) is 83.6 Å². The summed E-state index contributed by atoms with van der Waals surface area (Å²) >= 11 is 0. The van der Waals surface area contributed by atoms with Gasteiger partial charge in [-0.3, -0.25) is 0 Å². The van der Waals surface area contributed by atoms with Crippen molar-refractivity contribution in [2.75, 3.05) is 0 Å². The SMILES string of the molecule is Cl.Cl.O.c1cnoc1.c1cnoc1. The van der Waals surface area contributed by atoms with Gasteiger partial charge in [-0.15, -0.1) is 24.8 Å². The standard InChI is InChI=1S/2C3H3NO.2ClH.H2O/c2*1-2-4-5-3-1;;;/h2*1-3H;2*1H;1H2. The lowest BCUT2D eigenvalue weighted by molar-refractivity contribution is 0.419. The van der Waals surface area contributed by atoms with E-state index in [1.807, 2.05) is 0 Å². The molecule has 2 aromatic rings. The van der Waals surface area contributed by atoms with Crippen molar-refractivity contribution in [1.29, 1.82) is 0 Å². The van der Waals surface area contributed by atoms with Crippen LogP contribution in [0.3, 0.4) is 0 Å². The van der Waals surface area contributed by atoms with Crippen molar-refractivity contribution in [3.8, 4) is 0 Å². The molecule has 7 heteroatoms. The first kappa shape index (κ1) is 17.9. The Labute approximate surface area is 87.2 Å². The van der Waals surface area contributed by atoms with Gasteiger partial charge >= 0.3 is 0 Å². The van der Waals surface area contributed by atoms with Crippen LogP contribution in [0.15, 0.2) is 46.1 Å². The van der Waals surface area contributed by atoms with Crippen LogP contribution >= 0.6 is 24.8 Å². The summed E-state index contributed by atoms with van der Waals surface area (Å²) < 4.78 is 8.67. The van der Waals surface area contributed by atoms with E-state index in [0.717, 1.165) is 0 Å². The summed E-state index contributed by atoms with van der Waals surface area (Å²) in [6, 6.07) is 3.44. The molecule has 2 heterocycles. The quantitative estimate of drug-likeness (QED) is 0.682. The van der Waals surface area contributed by atoms with Crippen molar-refractivity contribution >= 4 is 24.8 Å². The van der Waals surface area contributed by atoms with E-state index in [0.29, 0.717) is 0 Å². The highest BCUT2D eigenvalue weighted by Gasteiger charge is 1.60. The second-order valence-electron chi connectivity index (χ2n) is 1.38. The molecule has 0 aliphatic rings. The van der Waals surface area contributed by atoms with Gasteiger partial charge in [0.2, 0.25) is 0 Å². The molecule has 0 bridgehead atoms. The van der Waals surface area contributed by atoms with Crippen molar-refractivity contribution in [2.45, 2.75) is 0 Å². The van der Waals surface area contributed by atoms with Crippen LogP contribution in [0.25, 0.3) is 0 Å².